The first kappa shape index (κ1) is 8.83. The molecule has 0 aliphatic heterocycles. The average Bonchev–Trinajstić information content (AvgIpc) is 2.17. The Hall–Kier alpha value is -1.26. The summed E-state index contributed by atoms with van der Waals surface area (Å²) in [6, 6.07) is 2.78. The van der Waals surface area contributed by atoms with Gasteiger partial charge in [-0.3, -0.25) is 9.78 Å². The zero-order valence-electron chi connectivity index (χ0n) is 6.47. The molecule has 0 aromatic carbocycles. The van der Waals surface area contributed by atoms with Gasteiger partial charge in [-0.2, -0.15) is 0 Å². The van der Waals surface area contributed by atoms with Crippen LogP contribution in [-0.4, -0.2) is 23.0 Å². The molecule has 0 amide bonds. The second-order valence-electron chi connectivity index (χ2n) is 2.42. The monoisotopic (exact) mass is 166 g/mol. The second kappa shape index (κ2) is 3.94. The van der Waals surface area contributed by atoms with Gasteiger partial charge in [0.05, 0.1) is 18.3 Å². The zero-order chi connectivity index (χ0) is 8.97. The molecule has 3 N–H and O–H groups in total. The van der Waals surface area contributed by atoms with Crippen LogP contribution in [0.25, 0.3) is 0 Å². The molecule has 4 nitrogen and oxygen atoms in total. The molecule has 0 bridgehead atoms. The largest absolute Gasteiger partial charge is 0.394 e. The van der Waals surface area contributed by atoms with E-state index in [-0.39, 0.29) is 6.61 Å². The molecule has 1 atom stereocenters. The number of nitrogens with zero attached hydrogens (tertiary/aromatic N) is 1. The van der Waals surface area contributed by atoms with Gasteiger partial charge >= 0.3 is 0 Å². The number of pyridine rings is 1. The van der Waals surface area contributed by atoms with Crippen molar-refractivity contribution in [3.05, 3.63) is 29.6 Å². The van der Waals surface area contributed by atoms with Gasteiger partial charge in [-0.1, -0.05) is 0 Å². The van der Waals surface area contributed by atoms with Crippen molar-refractivity contribution in [3.8, 4) is 0 Å². The maximum atomic E-state index is 10.2. The molecular formula is C8H10N2O2. The summed E-state index contributed by atoms with van der Waals surface area (Å²) in [6.45, 7) is -0.145. The van der Waals surface area contributed by atoms with Crippen LogP contribution >= 0.6 is 0 Å². The molecule has 64 valence electrons. The Bertz CT molecular complexity index is 258. The van der Waals surface area contributed by atoms with Crippen LogP contribution in [0.15, 0.2) is 18.3 Å². The van der Waals surface area contributed by atoms with Crippen LogP contribution in [-0.2, 0) is 0 Å². The summed E-state index contributed by atoms with van der Waals surface area (Å²) < 4.78 is 0. The van der Waals surface area contributed by atoms with E-state index < -0.39 is 6.04 Å². The number of rotatable bonds is 3. The number of nitrogens with two attached hydrogens (primary N) is 1. The summed E-state index contributed by atoms with van der Waals surface area (Å²) in [4.78, 5) is 14.1. The highest BCUT2D eigenvalue weighted by molar-refractivity contribution is 5.73. The first-order chi connectivity index (χ1) is 5.77. The zero-order valence-corrected chi connectivity index (χ0v) is 6.47. The number of aldehydes is 1. The fourth-order valence-corrected chi connectivity index (χ4v) is 0.799. The highest BCUT2D eigenvalue weighted by atomic mass is 16.3. The van der Waals surface area contributed by atoms with Crippen molar-refractivity contribution in [2.75, 3.05) is 6.61 Å². The van der Waals surface area contributed by atoms with Gasteiger partial charge in [0.1, 0.15) is 0 Å². The van der Waals surface area contributed by atoms with E-state index in [0.29, 0.717) is 17.5 Å². The van der Waals surface area contributed by atoms with Gasteiger partial charge in [-0.05, 0) is 12.1 Å². The second-order valence-corrected chi connectivity index (χ2v) is 2.42. The molecule has 0 fully saturated rings. The molecule has 1 heterocycles. The van der Waals surface area contributed by atoms with Crippen molar-refractivity contribution in [2.45, 2.75) is 6.04 Å². The van der Waals surface area contributed by atoms with Crippen molar-refractivity contribution in [1.29, 1.82) is 0 Å². The maximum Gasteiger partial charge on any atom is 0.151 e. The normalized spacial score (nSPS) is 12.5. The minimum absolute atomic E-state index is 0.145. The Morgan fingerprint density at radius 3 is 2.83 bits per heavy atom. The minimum atomic E-state index is -0.467. The van der Waals surface area contributed by atoms with Crippen LogP contribution in [0.3, 0.4) is 0 Å². The first-order valence-electron chi connectivity index (χ1n) is 3.55. The van der Waals surface area contributed by atoms with Crippen LogP contribution in [0.1, 0.15) is 22.1 Å². The smallest absolute Gasteiger partial charge is 0.151 e. The number of hydrogen-bond acceptors (Lipinski definition) is 4. The number of aliphatic hydroxyl groups is 1. The Labute approximate surface area is 70.0 Å². The Morgan fingerprint density at radius 1 is 1.67 bits per heavy atom. The highest BCUT2D eigenvalue weighted by Gasteiger charge is 2.04. The Balaban J connectivity index is 2.84. The molecule has 4 heteroatoms. The Kier molecular flexibility index (Phi) is 2.90. The van der Waals surface area contributed by atoms with Gasteiger partial charge in [0.25, 0.3) is 0 Å². The molecule has 1 aromatic heterocycles. The number of hydrogen-bond donors (Lipinski definition) is 2. The first-order valence-corrected chi connectivity index (χ1v) is 3.55. The third-order valence-electron chi connectivity index (χ3n) is 1.52. The van der Waals surface area contributed by atoms with Crippen molar-refractivity contribution >= 4 is 6.29 Å². The van der Waals surface area contributed by atoms with E-state index in [1.807, 2.05) is 0 Å². The molecular weight excluding hydrogens is 156 g/mol. The van der Waals surface area contributed by atoms with Gasteiger partial charge in [-0.15, -0.1) is 0 Å². The molecule has 12 heavy (non-hydrogen) atoms. The van der Waals surface area contributed by atoms with Gasteiger partial charge < -0.3 is 10.8 Å². The van der Waals surface area contributed by atoms with Gasteiger partial charge in [0.2, 0.25) is 0 Å². The summed E-state index contributed by atoms with van der Waals surface area (Å²) in [5.74, 6) is 0. The lowest BCUT2D eigenvalue weighted by molar-refractivity contribution is 0.112. The number of aromatic nitrogens is 1. The summed E-state index contributed by atoms with van der Waals surface area (Å²) in [7, 11) is 0. The van der Waals surface area contributed by atoms with Crippen LogP contribution in [0.2, 0.25) is 0 Å². The third kappa shape index (κ3) is 1.87. The molecule has 0 radical (unpaired) electrons. The third-order valence-corrected chi connectivity index (χ3v) is 1.52. The van der Waals surface area contributed by atoms with E-state index in [9.17, 15) is 4.79 Å². The quantitative estimate of drug-likeness (QED) is 0.614. The number of carbonyl (C=O) groups is 1. The fourth-order valence-electron chi connectivity index (χ4n) is 0.799. The van der Waals surface area contributed by atoms with Crippen molar-refractivity contribution in [3.63, 3.8) is 0 Å². The minimum Gasteiger partial charge on any atom is -0.394 e. The summed E-state index contributed by atoms with van der Waals surface area (Å²) >= 11 is 0. The van der Waals surface area contributed by atoms with E-state index in [4.69, 9.17) is 10.8 Å². The van der Waals surface area contributed by atoms with Crippen molar-refractivity contribution < 1.29 is 9.90 Å². The van der Waals surface area contributed by atoms with Crippen LogP contribution in [0.5, 0.6) is 0 Å². The predicted octanol–water partition coefficient (Wildman–Crippen LogP) is -0.114. The van der Waals surface area contributed by atoms with Gasteiger partial charge in [0.15, 0.2) is 6.29 Å². The Morgan fingerprint density at radius 2 is 2.42 bits per heavy atom. The topological polar surface area (TPSA) is 76.2 Å². The fraction of sp³-hybridized carbons (Fsp3) is 0.250. The molecule has 0 spiro atoms. The standard InChI is InChI=1S/C8H10N2O2/c9-7(5-12)8-2-1-6(4-11)3-10-8/h1-4,7,12H,5,9H2/t7-/m1/s1. The molecule has 1 rings (SSSR count). The number of aliphatic hydroxyl groups excluding tert-OH is 1. The molecule has 0 aliphatic carbocycles. The SMILES string of the molecule is N[C@H](CO)c1ccc(C=O)cn1. The summed E-state index contributed by atoms with van der Waals surface area (Å²) in [5, 5.41) is 8.68. The van der Waals surface area contributed by atoms with Crippen LogP contribution < -0.4 is 5.73 Å². The highest BCUT2D eigenvalue weighted by Crippen LogP contribution is 2.05. The molecule has 0 unspecified atom stereocenters. The number of carbonyl (C=O) groups excluding carboxylic acids is 1. The van der Waals surface area contributed by atoms with Crippen molar-refractivity contribution in [1.82, 2.24) is 4.98 Å². The van der Waals surface area contributed by atoms with Crippen LogP contribution in [0, 0.1) is 0 Å². The average molecular weight is 166 g/mol. The predicted molar refractivity (Wildman–Crippen MR) is 43.6 cm³/mol. The van der Waals surface area contributed by atoms with Gasteiger partial charge in [0, 0.05) is 11.8 Å². The molecule has 1 aromatic rings. The lowest BCUT2D eigenvalue weighted by atomic mass is 10.2. The maximum absolute atomic E-state index is 10.2. The summed E-state index contributed by atoms with van der Waals surface area (Å²) in [5.41, 5.74) is 6.57. The van der Waals surface area contributed by atoms with E-state index in [0.717, 1.165) is 0 Å². The summed E-state index contributed by atoms with van der Waals surface area (Å²) in [6.07, 6.45) is 2.14. The molecule has 0 aliphatic rings. The lowest BCUT2D eigenvalue weighted by Crippen LogP contribution is -2.15. The van der Waals surface area contributed by atoms with Crippen LogP contribution in [0.4, 0.5) is 0 Å². The van der Waals surface area contributed by atoms with E-state index in [1.165, 1.54) is 6.20 Å². The van der Waals surface area contributed by atoms with E-state index >= 15 is 0 Å². The lowest BCUT2D eigenvalue weighted by Gasteiger charge is -2.05. The van der Waals surface area contributed by atoms with E-state index in [2.05, 4.69) is 4.98 Å². The van der Waals surface area contributed by atoms with E-state index in [1.54, 1.807) is 12.1 Å². The van der Waals surface area contributed by atoms with Crippen molar-refractivity contribution in [2.24, 2.45) is 5.73 Å². The van der Waals surface area contributed by atoms with Gasteiger partial charge in [-0.25, -0.2) is 0 Å². The molecule has 0 saturated carbocycles. The molecule has 0 saturated heterocycles.